The van der Waals surface area contributed by atoms with E-state index in [1.54, 1.807) is 6.08 Å². The molecule has 27 heavy (non-hydrogen) atoms. The Kier molecular flexibility index (Phi) is 7.29. The first kappa shape index (κ1) is 22.1. The molecule has 2 fully saturated rings. The van der Waals surface area contributed by atoms with E-state index in [4.69, 9.17) is 5.11 Å². The maximum absolute atomic E-state index is 12.0. The molecule has 0 spiro atoms. The standard InChI is InChI=1S/C23H38O4/c1-5-16(2)15-19(24)8-6-7-18-9-12-22(4)20(17(18)3)10-13-23(22,27)14-11-21(25)26/h15,17-18,20,27H,5-14H2,1-4H3,(H,25,26). The zero-order valence-corrected chi connectivity index (χ0v) is 17.6. The van der Waals surface area contributed by atoms with Crippen LogP contribution in [0.3, 0.4) is 0 Å². The van der Waals surface area contributed by atoms with Gasteiger partial charge in [-0.3, -0.25) is 9.59 Å². The highest BCUT2D eigenvalue weighted by molar-refractivity contribution is 5.90. The van der Waals surface area contributed by atoms with Crippen molar-refractivity contribution in [2.24, 2.45) is 23.2 Å². The van der Waals surface area contributed by atoms with E-state index < -0.39 is 11.6 Å². The molecule has 5 atom stereocenters. The van der Waals surface area contributed by atoms with Crippen LogP contribution in [0, 0.1) is 23.2 Å². The third-order valence-corrected chi connectivity index (χ3v) is 7.88. The van der Waals surface area contributed by atoms with Crippen LogP contribution >= 0.6 is 0 Å². The van der Waals surface area contributed by atoms with Crippen LogP contribution in [0.1, 0.15) is 91.9 Å². The van der Waals surface area contributed by atoms with E-state index in [-0.39, 0.29) is 17.6 Å². The predicted octanol–water partition coefficient (Wildman–Crippen LogP) is 5.14. The summed E-state index contributed by atoms with van der Waals surface area (Å²) in [5.74, 6) is 0.994. The van der Waals surface area contributed by atoms with E-state index in [2.05, 4.69) is 20.8 Å². The number of carboxylic acids is 1. The fourth-order valence-corrected chi connectivity index (χ4v) is 5.80. The Morgan fingerprint density at radius 3 is 2.52 bits per heavy atom. The quantitative estimate of drug-likeness (QED) is 0.545. The number of carbonyl (C=O) groups excluding carboxylic acids is 1. The third-order valence-electron chi connectivity index (χ3n) is 7.88. The van der Waals surface area contributed by atoms with Gasteiger partial charge in [-0.1, -0.05) is 26.3 Å². The van der Waals surface area contributed by atoms with Gasteiger partial charge in [-0.15, -0.1) is 0 Å². The Balaban J connectivity index is 1.92. The van der Waals surface area contributed by atoms with E-state index in [9.17, 15) is 14.7 Å². The monoisotopic (exact) mass is 378 g/mol. The van der Waals surface area contributed by atoms with Crippen LogP contribution in [0.5, 0.6) is 0 Å². The first-order valence-electron chi connectivity index (χ1n) is 10.8. The van der Waals surface area contributed by atoms with E-state index in [1.807, 2.05) is 6.92 Å². The van der Waals surface area contributed by atoms with Gasteiger partial charge in [0.1, 0.15) is 0 Å². The molecule has 154 valence electrons. The number of hydrogen-bond donors (Lipinski definition) is 2. The maximum atomic E-state index is 12.0. The normalized spacial score (nSPS) is 36.5. The molecule has 0 aliphatic heterocycles. The summed E-state index contributed by atoms with van der Waals surface area (Å²) >= 11 is 0. The zero-order valence-electron chi connectivity index (χ0n) is 17.6. The topological polar surface area (TPSA) is 74.6 Å². The summed E-state index contributed by atoms with van der Waals surface area (Å²) in [5, 5.41) is 20.3. The molecule has 2 rings (SSSR count). The second kappa shape index (κ2) is 8.89. The van der Waals surface area contributed by atoms with Crippen molar-refractivity contribution in [3.8, 4) is 0 Å². The van der Waals surface area contributed by atoms with E-state index in [0.717, 1.165) is 50.5 Å². The Labute approximate surface area is 164 Å². The van der Waals surface area contributed by atoms with Crippen LogP contribution < -0.4 is 0 Å². The average Bonchev–Trinajstić information content (AvgIpc) is 2.88. The first-order chi connectivity index (χ1) is 12.6. The molecule has 2 aliphatic rings. The van der Waals surface area contributed by atoms with Crippen LogP contribution in [-0.4, -0.2) is 27.6 Å². The van der Waals surface area contributed by atoms with Gasteiger partial charge in [0, 0.05) is 12.8 Å². The minimum Gasteiger partial charge on any atom is -0.481 e. The molecule has 0 amide bonds. The highest BCUT2D eigenvalue weighted by Gasteiger charge is 2.59. The lowest BCUT2D eigenvalue weighted by atomic mass is 9.56. The van der Waals surface area contributed by atoms with Crippen LogP contribution in [0.25, 0.3) is 0 Å². The van der Waals surface area contributed by atoms with Gasteiger partial charge in [0.05, 0.1) is 5.60 Å². The molecular formula is C23H38O4. The smallest absolute Gasteiger partial charge is 0.303 e. The van der Waals surface area contributed by atoms with Gasteiger partial charge in [0.2, 0.25) is 0 Å². The summed E-state index contributed by atoms with van der Waals surface area (Å²) in [4.78, 5) is 23.0. The Bertz CT molecular complexity index is 581. The van der Waals surface area contributed by atoms with Crippen LogP contribution in [-0.2, 0) is 9.59 Å². The number of aliphatic carboxylic acids is 1. The molecule has 5 unspecified atom stereocenters. The molecule has 0 saturated heterocycles. The summed E-state index contributed by atoms with van der Waals surface area (Å²) in [7, 11) is 0. The SMILES string of the molecule is CCC(C)=CC(=O)CCCC1CCC2(C)C(CCC2(O)CCC(=O)O)C1C. The van der Waals surface area contributed by atoms with Crippen molar-refractivity contribution in [2.45, 2.75) is 97.5 Å². The van der Waals surface area contributed by atoms with Gasteiger partial charge in [0.15, 0.2) is 5.78 Å². The highest BCUT2D eigenvalue weighted by atomic mass is 16.4. The van der Waals surface area contributed by atoms with Crippen molar-refractivity contribution in [1.82, 2.24) is 0 Å². The number of hydrogen-bond acceptors (Lipinski definition) is 3. The second-order valence-corrected chi connectivity index (χ2v) is 9.35. The molecule has 0 aromatic carbocycles. The second-order valence-electron chi connectivity index (χ2n) is 9.35. The summed E-state index contributed by atoms with van der Waals surface area (Å²) in [5.41, 5.74) is 0.136. The Morgan fingerprint density at radius 1 is 1.19 bits per heavy atom. The van der Waals surface area contributed by atoms with Crippen molar-refractivity contribution >= 4 is 11.8 Å². The number of aliphatic hydroxyl groups is 1. The lowest BCUT2D eigenvalue weighted by Crippen LogP contribution is -2.50. The molecule has 2 saturated carbocycles. The van der Waals surface area contributed by atoms with Gasteiger partial charge in [-0.2, -0.15) is 0 Å². The number of allylic oxidation sites excluding steroid dienone is 2. The molecular weight excluding hydrogens is 340 g/mol. The molecule has 0 bridgehead atoms. The van der Waals surface area contributed by atoms with Crippen molar-refractivity contribution in [1.29, 1.82) is 0 Å². The largest absolute Gasteiger partial charge is 0.481 e. The molecule has 2 N–H and O–H groups in total. The minimum absolute atomic E-state index is 0.0451. The van der Waals surface area contributed by atoms with Gasteiger partial charge in [0.25, 0.3) is 0 Å². The summed E-state index contributed by atoms with van der Waals surface area (Å²) in [6.07, 6.45) is 9.52. The van der Waals surface area contributed by atoms with Gasteiger partial charge >= 0.3 is 5.97 Å². The highest BCUT2D eigenvalue weighted by Crippen LogP contribution is 2.62. The molecule has 0 heterocycles. The van der Waals surface area contributed by atoms with E-state index in [1.165, 1.54) is 0 Å². The van der Waals surface area contributed by atoms with E-state index in [0.29, 0.717) is 30.6 Å². The third kappa shape index (κ3) is 4.82. The zero-order chi connectivity index (χ0) is 20.2. The predicted molar refractivity (Wildman–Crippen MR) is 107 cm³/mol. The van der Waals surface area contributed by atoms with Crippen LogP contribution in [0.15, 0.2) is 11.6 Å². The van der Waals surface area contributed by atoms with E-state index >= 15 is 0 Å². The number of carboxylic acid groups (broad SMARTS) is 1. The molecule has 4 heteroatoms. The summed E-state index contributed by atoms with van der Waals surface area (Å²) in [6.45, 7) is 8.56. The average molecular weight is 379 g/mol. The maximum Gasteiger partial charge on any atom is 0.303 e. The molecule has 4 nitrogen and oxygen atoms in total. The van der Waals surface area contributed by atoms with Crippen LogP contribution in [0.2, 0.25) is 0 Å². The van der Waals surface area contributed by atoms with Crippen molar-refractivity contribution in [3.63, 3.8) is 0 Å². The van der Waals surface area contributed by atoms with Gasteiger partial charge in [-0.05, 0) is 87.5 Å². The number of ketones is 1. The fraction of sp³-hybridized carbons (Fsp3) is 0.826. The lowest BCUT2D eigenvalue weighted by molar-refractivity contribution is -0.143. The molecule has 2 aliphatic carbocycles. The molecule has 0 radical (unpaired) electrons. The number of carbonyl (C=O) groups is 2. The number of fused-ring (bicyclic) bond motifs is 1. The molecule has 0 aromatic heterocycles. The van der Waals surface area contributed by atoms with Crippen molar-refractivity contribution < 1.29 is 19.8 Å². The van der Waals surface area contributed by atoms with Crippen molar-refractivity contribution in [3.05, 3.63) is 11.6 Å². The van der Waals surface area contributed by atoms with Crippen molar-refractivity contribution in [2.75, 3.05) is 0 Å². The lowest BCUT2D eigenvalue weighted by Gasteiger charge is -2.51. The first-order valence-corrected chi connectivity index (χ1v) is 10.8. The Hall–Kier alpha value is -1.16. The van der Waals surface area contributed by atoms with Gasteiger partial charge in [-0.25, -0.2) is 0 Å². The van der Waals surface area contributed by atoms with Crippen LogP contribution in [0.4, 0.5) is 0 Å². The fourth-order valence-electron chi connectivity index (χ4n) is 5.80. The number of rotatable bonds is 9. The van der Waals surface area contributed by atoms with Gasteiger partial charge < -0.3 is 10.2 Å². The summed E-state index contributed by atoms with van der Waals surface area (Å²) in [6, 6.07) is 0. The molecule has 0 aromatic rings. The summed E-state index contributed by atoms with van der Waals surface area (Å²) < 4.78 is 0. The minimum atomic E-state index is -0.840. The Morgan fingerprint density at radius 2 is 1.89 bits per heavy atom.